The van der Waals surface area contributed by atoms with E-state index in [0.29, 0.717) is 17.0 Å². The molecule has 0 aromatic heterocycles. The summed E-state index contributed by atoms with van der Waals surface area (Å²) in [6, 6.07) is 20.0. The molecule has 2 amide bonds. The molecule has 0 radical (unpaired) electrons. The minimum Gasteiger partial charge on any atom is -0.352 e. The molecule has 8 nitrogen and oxygen atoms in total. The number of carbonyl (C=O) groups is 2. The molecule has 3 rings (SSSR count). The van der Waals surface area contributed by atoms with Gasteiger partial charge in [0.2, 0.25) is 11.8 Å². The molecular formula is C30H36ClFN4O4S. The lowest BCUT2D eigenvalue weighted by atomic mass is 10.0. The molecule has 2 atom stereocenters. The molecule has 41 heavy (non-hydrogen) atoms. The Hall–Kier alpha value is -3.47. The molecule has 3 aromatic rings. The standard InChI is InChI=1S/C30H36ClFN4O4S/c1-5-22(2)33-30(38)28(19-23-10-7-6-8-11-23)35(20-24-12-9-13-25(31)18-24)29(37)21-36(41(39,40)34(3)4)27-16-14-26(32)15-17-27/h6-18,22,28H,5,19-21H2,1-4H3,(H,33,38)/t22-,28+/m0/s1. The van der Waals surface area contributed by atoms with E-state index in [9.17, 15) is 22.4 Å². The Morgan fingerprint density at radius 1 is 0.951 bits per heavy atom. The highest BCUT2D eigenvalue weighted by molar-refractivity contribution is 7.90. The van der Waals surface area contributed by atoms with E-state index in [1.54, 1.807) is 24.3 Å². The van der Waals surface area contributed by atoms with E-state index in [-0.39, 0.29) is 30.6 Å². The van der Waals surface area contributed by atoms with Gasteiger partial charge in [0, 0.05) is 38.1 Å². The minimum atomic E-state index is -4.17. The van der Waals surface area contributed by atoms with Crippen LogP contribution in [0.3, 0.4) is 0 Å². The molecular weight excluding hydrogens is 567 g/mol. The van der Waals surface area contributed by atoms with Gasteiger partial charge in [0.1, 0.15) is 18.4 Å². The topological polar surface area (TPSA) is 90.0 Å². The lowest BCUT2D eigenvalue weighted by Crippen LogP contribution is -2.55. The summed E-state index contributed by atoms with van der Waals surface area (Å²) < 4.78 is 42.3. The summed E-state index contributed by atoms with van der Waals surface area (Å²) in [4.78, 5) is 29.3. The van der Waals surface area contributed by atoms with Crippen LogP contribution in [0.5, 0.6) is 0 Å². The smallest absolute Gasteiger partial charge is 0.304 e. The molecule has 0 bridgehead atoms. The predicted octanol–water partition coefficient (Wildman–Crippen LogP) is 4.65. The Morgan fingerprint density at radius 3 is 2.17 bits per heavy atom. The van der Waals surface area contributed by atoms with Crippen LogP contribution in [-0.4, -0.2) is 62.2 Å². The van der Waals surface area contributed by atoms with E-state index in [4.69, 9.17) is 11.6 Å². The lowest BCUT2D eigenvalue weighted by Gasteiger charge is -2.35. The van der Waals surface area contributed by atoms with Gasteiger partial charge in [-0.1, -0.05) is 61.0 Å². The quantitative estimate of drug-likeness (QED) is 0.308. The molecule has 0 saturated carbocycles. The number of carbonyl (C=O) groups excluding carboxylic acids is 2. The first-order chi connectivity index (χ1) is 19.4. The first-order valence-corrected chi connectivity index (χ1v) is 15.0. The van der Waals surface area contributed by atoms with Gasteiger partial charge in [-0.05, 0) is 60.9 Å². The van der Waals surface area contributed by atoms with E-state index < -0.39 is 34.5 Å². The summed E-state index contributed by atoms with van der Waals surface area (Å²) in [5, 5.41) is 3.44. The van der Waals surface area contributed by atoms with Crippen molar-refractivity contribution in [2.45, 2.75) is 45.3 Å². The van der Waals surface area contributed by atoms with Gasteiger partial charge in [0.25, 0.3) is 0 Å². The summed E-state index contributed by atoms with van der Waals surface area (Å²) in [5.41, 5.74) is 1.61. The molecule has 0 spiro atoms. The van der Waals surface area contributed by atoms with Crippen molar-refractivity contribution in [2.24, 2.45) is 0 Å². The molecule has 220 valence electrons. The zero-order valence-electron chi connectivity index (χ0n) is 23.6. The van der Waals surface area contributed by atoms with Crippen LogP contribution in [0.2, 0.25) is 5.02 Å². The Kier molecular flexibility index (Phi) is 11.3. The minimum absolute atomic E-state index is 0.00406. The fourth-order valence-corrected chi connectivity index (χ4v) is 5.42. The number of amides is 2. The van der Waals surface area contributed by atoms with Crippen molar-refractivity contribution in [3.05, 3.63) is 101 Å². The van der Waals surface area contributed by atoms with Gasteiger partial charge in [-0.25, -0.2) is 8.70 Å². The van der Waals surface area contributed by atoms with Gasteiger partial charge in [0.05, 0.1) is 5.69 Å². The number of hydrogen-bond acceptors (Lipinski definition) is 4. The molecule has 11 heteroatoms. The van der Waals surface area contributed by atoms with Crippen LogP contribution in [0.25, 0.3) is 0 Å². The summed E-state index contributed by atoms with van der Waals surface area (Å²) in [7, 11) is -1.48. The largest absolute Gasteiger partial charge is 0.352 e. The van der Waals surface area contributed by atoms with Crippen molar-refractivity contribution in [3.63, 3.8) is 0 Å². The lowest BCUT2D eigenvalue weighted by molar-refractivity contribution is -0.140. The first kappa shape index (κ1) is 32.0. The average Bonchev–Trinajstić information content (AvgIpc) is 2.94. The highest BCUT2D eigenvalue weighted by Gasteiger charge is 2.35. The fraction of sp³-hybridized carbons (Fsp3) is 0.333. The second-order valence-corrected chi connectivity index (χ2v) is 12.5. The third-order valence-electron chi connectivity index (χ3n) is 6.65. The van der Waals surface area contributed by atoms with Crippen LogP contribution < -0.4 is 9.62 Å². The maximum absolute atomic E-state index is 14.2. The predicted molar refractivity (Wildman–Crippen MR) is 160 cm³/mol. The third kappa shape index (κ3) is 8.76. The van der Waals surface area contributed by atoms with Crippen LogP contribution in [0.1, 0.15) is 31.4 Å². The van der Waals surface area contributed by atoms with Gasteiger partial charge >= 0.3 is 10.2 Å². The van der Waals surface area contributed by atoms with Gasteiger partial charge in [0.15, 0.2) is 0 Å². The zero-order chi connectivity index (χ0) is 30.2. The Bertz CT molecular complexity index is 1420. The Labute approximate surface area is 246 Å². The highest BCUT2D eigenvalue weighted by atomic mass is 35.5. The fourth-order valence-electron chi connectivity index (χ4n) is 4.15. The van der Waals surface area contributed by atoms with Crippen LogP contribution in [0.15, 0.2) is 78.9 Å². The maximum atomic E-state index is 14.2. The van der Waals surface area contributed by atoms with Crippen LogP contribution in [0, 0.1) is 5.82 Å². The molecule has 0 aliphatic rings. The number of nitrogens with one attached hydrogen (secondary N) is 1. The molecule has 1 N–H and O–H groups in total. The number of rotatable bonds is 13. The SMILES string of the molecule is CC[C@H](C)NC(=O)[C@@H](Cc1ccccc1)N(Cc1cccc(Cl)c1)C(=O)CN(c1ccc(F)cc1)S(=O)(=O)N(C)C. The number of anilines is 1. The number of benzene rings is 3. The van der Waals surface area contributed by atoms with Crippen molar-refractivity contribution in [1.82, 2.24) is 14.5 Å². The van der Waals surface area contributed by atoms with Crippen molar-refractivity contribution in [2.75, 3.05) is 24.9 Å². The molecule has 0 aliphatic carbocycles. The summed E-state index contributed by atoms with van der Waals surface area (Å²) >= 11 is 6.23. The van der Waals surface area contributed by atoms with Crippen molar-refractivity contribution in [1.29, 1.82) is 0 Å². The van der Waals surface area contributed by atoms with E-state index in [2.05, 4.69) is 5.32 Å². The zero-order valence-corrected chi connectivity index (χ0v) is 25.2. The van der Waals surface area contributed by atoms with Gasteiger partial charge in [-0.3, -0.25) is 9.59 Å². The maximum Gasteiger partial charge on any atom is 0.304 e. The second kappa shape index (κ2) is 14.4. The molecule has 0 unspecified atom stereocenters. The Balaban J connectivity index is 2.09. The van der Waals surface area contributed by atoms with Crippen molar-refractivity contribution >= 4 is 39.3 Å². The van der Waals surface area contributed by atoms with Crippen LogP contribution >= 0.6 is 11.6 Å². The van der Waals surface area contributed by atoms with Crippen LogP contribution in [-0.2, 0) is 32.8 Å². The molecule has 0 aliphatic heterocycles. The first-order valence-electron chi connectivity index (χ1n) is 13.3. The van der Waals surface area contributed by atoms with Gasteiger partial charge < -0.3 is 10.2 Å². The summed E-state index contributed by atoms with van der Waals surface area (Å²) in [6.07, 6.45) is 0.887. The molecule has 0 saturated heterocycles. The van der Waals surface area contributed by atoms with Gasteiger partial charge in [-0.2, -0.15) is 12.7 Å². The normalized spacial score (nSPS) is 13.0. The molecule has 0 fully saturated rings. The van der Waals surface area contributed by atoms with Gasteiger partial charge in [-0.15, -0.1) is 0 Å². The number of halogens is 2. The second-order valence-electron chi connectivity index (χ2n) is 9.95. The van der Waals surface area contributed by atoms with E-state index in [1.165, 1.54) is 31.1 Å². The molecule has 3 aromatic carbocycles. The average molecular weight is 603 g/mol. The van der Waals surface area contributed by atoms with Crippen molar-refractivity contribution < 1.29 is 22.4 Å². The number of nitrogens with zero attached hydrogens (tertiary/aromatic N) is 3. The third-order valence-corrected chi connectivity index (χ3v) is 8.70. The monoisotopic (exact) mass is 602 g/mol. The van der Waals surface area contributed by atoms with E-state index >= 15 is 0 Å². The van der Waals surface area contributed by atoms with Crippen molar-refractivity contribution in [3.8, 4) is 0 Å². The van der Waals surface area contributed by atoms with E-state index in [0.717, 1.165) is 26.3 Å². The number of hydrogen-bond donors (Lipinski definition) is 1. The molecule has 0 heterocycles. The van der Waals surface area contributed by atoms with Crippen LogP contribution in [0.4, 0.5) is 10.1 Å². The summed E-state index contributed by atoms with van der Waals surface area (Å²) in [5.74, 6) is -1.52. The van der Waals surface area contributed by atoms with E-state index in [1.807, 2.05) is 44.2 Å². The summed E-state index contributed by atoms with van der Waals surface area (Å²) in [6.45, 7) is 3.21. The Morgan fingerprint density at radius 2 is 1.59 bits per heavy atom. The highest BCUT2D eigenvalue weighted by Crippen LogP contribution is 2.23.